The van der Waals surface area contributed by atoms with Crippen molar-refractivity contribution in [1.82, 2.24) is 4.90 Å². The molecule has 3 heteroatoms. The Morgan fingerprint density at radius 3 is 2.67 bits per heavy atom. The van der Waals surface area contributed by atoms with Gasteiger partial charge in [0.05, 0.1) is 0 Å². The van der Waals surface area contributed by atoms with Gasteiger partial charge in [-0.1, -0.05) is 42.8 Å². The summed E-state index contributed by atoms with van der Waals surface area (Å²) in [7, 11) is 0. The molecule has 1 atom stereocenters. The minimum atomic E-state index is 0.156. The summed E-state index contributed by atoms with van der Waals surface area (Å²) in [6.45, 7) is 8.53. The maximum atomic E-state index is 12.4. The summed E-state index contributed by atoms with van der Waals surface area (Å²) in [4.78, 5) is 14.4. The van der Waals surface area contributed by atoms with Gasteiger partial charge in [-0.3, -0.25) is 4.79 Å². The van der Waals surface area contributed by atoms with Crippen LogP contribution in [0.4, 0.5) is 0 Å². The van der Waals surface area contributed by atoms with E-state index < -0.39 is 0 Å². The molecule has 1 aliphatic heterocycles. The number of carbonyl (C=O) groups is 1. The standard InChI is InChI=1S/C15H20BrNO/c1-15(2,3)12-7-8-17(10-12)14(18)11-5-4-6-13(16)9-11/h4-6,9,12H,7-8,10H2,1-3H3. The number of hydrogen-bond donors (Lipinski definition) is 0. The maximum absolute atomic E-state index is 12.4. The molecule has 2 nitrogen and oxygen atoms in total. The van der Waals surface area contributed by atoms with Crippen molar-refractivity contribution < 1.29 is 4.79 Å². The molecule has 2 rings (SSSR count). The van der Waals surface area contributed by atoms with Gasteiger partial charge in [-0.05, 0) is 36.0 Å². The molecular weight excluding hydrogens is 290 g/mol. The van der Waals surface area contributed by atoms with Gasteiger partial charge in [-0.2, -0.15) is 0 Å². The second kappa shape index (κ2) is 5.04. The summed E-state index contributed by atoms with van der Waals surface area (Å²) in [6.07, 6.45) is 1.11. The third-order valence-corrected chi connectivity index (χ3v) is 4.27. The molecule has 18 heavy (non-hydrogen) atoms. The molecule has 1 aromatic carbocycles. The van der Waals surface area contributed by atoms with Crippen molar-refractivity contribution in [2.75, 3.05) is 13.1 Å². The Hall–Kier alpha value is -0.830. The molecule has 0 bridgehead atoms. The van der Waals surface area contributed by atoms with Gasteiger partial charge < -0.3 is 4.90 Å². The van der Waals surface area contributed by atoms with Gasteiger partial charge in [0, 0.05) is 23.1 Å². The topological polar surface area (TPSA) is 20.3 Å². The monoisotopic (exact) mass is 309 g/mol. The Labute approximate surface area is 117 Å². The highest BCUT2D eigenvalue weighted by atomic mass is 79.9. The lowest BCUT2D eigenvalue weighted by Gasteiger charge is -2.27. The Kier molecular flexibility index (Phi) is 3.81. The van der Waals surface area contributed by atoms with Crippen LogP contribution in [-0.2, 0) is 0 Å². The highest BCUT2D eigenvalue weighted by Crippen LogP contribution is 2.34. The normalized spacial score (nSPS) is 20.2. The van der Waals surface area contributed by atoms with Crippen molar-refractivity contribution >= 4 is 21.8 Å². The number of halogens is 1. The van der Waals surface area contributed by atoms with Gasteiger partial charge in [0.1, 0.15) is 0 Å². The quantitative estimate of drug-likeness (QED) is 0.769. The first-order valence-corrected chi connectivity index (χ1v) is 7.22. The second-order valence-electron chi connectivity index (χ2n) is 6.11. The van der Waals surface area contributed by atoms with Gasteiger partial charge in [0.15, 0.2) is 0 Å². The molecule has 0 aromatic heterocycles. The molecule has 1 heterocycles. The van der Waals surface area contributed by atoms with E-state index in [4.69, 9.17) is 0 Å². The molecule has 0 saturated carbocycles. The average molecular weight is 310 g/mol. The fourth-order valence-corrected chi connectivity index (χ4v) is 2.85. The Morgan fingerprint density at radius 2 is 2.11 bits per heavy atom. The molecule has 1 aliphatic rings. The van der Waals surface area contributed by atoms with E-state index in [2.05, 4.69) is 36.7 Å². The van der Waals surface area contributed by atoms with E-state index in [-0.39, 0.29) is 11.3 Å². The lowest BCUT2D eigenvalue weighted by molar-refractivity contribution is 0.0776. The van der Waals surface area contributed by atoms with Crippen LogP contribution in [0.2, 0.25) is 0 Å². The zero-order valence-corrected chi connectivity index (χ0v) is 12.8. The lowest BCUT2D eigenvalue weighted by atomic mass is 9.80. The van der Waals surface area contributed by atoms with Crippen LogP contribution >= 0.6 is 15.9 Å². The minimum Gasteiger partial charge on any atom is -0.338 e. The van der Waals surface area contributed by atoms with Crippen molar-refractivity contribution in [2.45, 2.75) is 27.2 Å². The summed E-state index contributed by atoms with van der Waals surface area (Å²) in [5, 5.41) is 0. The average Bonchev–Trinajstić information content (AvgIpc) is 2.77. The van der Waals surface area contributed by atoms with Gasteiger partial charge >= 0.3 is 0 Å². The molecule has 0 spiro atoms. The van der Waals surface area contributed by atoms with Gasteiger partial charge in [0.2, 0.25) is 0 Å². The first-order chi connectivity index (χ1) is 8.38. The number of rotatable bonds is 1. The van der Waals surface area contributed by atoms with Gasteiger partial charge in [-0.15, -0.1) is 0 Å². The van der Waals surface area contributed by atoms with Crippen LogP contribution in [0.25, 0.3) is 0 Å². The minimum absolute atomic E-state index is 0.156. The van der Waals surface area contributed by atoms with E-state index in [1.807, 2.05) is 29.2 Å². The highest BCUT2D eigenvalue weighted by Gasteiger charge is 2.34. The summed E-state index contributed by atoms with van der Waals surface area (Å²) >= 11 is 3.41. The number of nitrogens with zero attached hydrogens (tertiary/aromatic N) is 1. The largest absolute Gasteiger partial charge is 0.338 e. The zero-order valence-electron chi connectivity index (χ0n) is 11.2. The first kappa shape index (κ1) is 13.6. The first-order valence-electron chi connectivity index (χ1n) is 6.43. The summed E-state index contributed by atoms with van der Waals surface area (Å²) in [6, 6.07) is 7.64. The van der Waals surface area contributed by atoms with Crippen LogP contribution < -0.4 is 0 Å². The maximum Gasteiger partial charge on any atom is 0.253 e. The van der Waals surface area contributed by atoms with Crippen LogP contribution in [0.15, 0.2) is 28.7 Å². The Bertz CT molecular complexity index is 450. The van der Waals surface area contributed by atoms with E-state index >= 15 is 0 Å². The van der Waals surface area contributed by atoms with E-state index in [0.29, 0.717) is 5.92 Å². The van der Waals surface area contributed by atoms with Crippen molar-refractivity contribution in [1.29, 1.82) is 0 Å². The molecule has 0 radical (unpaired) electrons. The van der Waals surface area contributed by atoms with Gasteiger partial charge in [-0.25, -0.2) is 0 Å². The highest BCUT2D eigenvalue weighted by molar-refractivity contribution is 9.10. The molecule has 1 saturated heterocycles. The number of hydrogen-bond acceptors (Lipinski definition) is 1. The molecule has 0 aliphatic carbocycles. The predicted molar refractivity (Wildman–Crippen MR) is 77.6 cm³/mol. The van der Waals surface area contributed by atoms with Crippen molar-refractivity contribution in [2.24, 2.45) is 11.3 Å². The summed E-state index contributed by atoms with van der Waals surface area (Å²) in [5.41, 5.74) is 1.06. The smallest absolute Gasteiger partial charge is 0.253 e. The molecule has 0 N–H and O–H groups in total. The van der Waals surface area contributed by atoms with E-state index in [1.165, 1.54) is 0 Å². The third kappa shape index (κ3) is 2.94. The molecule has 98 valence electrons. The summed E-state index contributed by atoms with van der Waals surface area (Å²) < 4.78 is 0.958. The molecule has 1 aromatic rings. The fourth-order valence-electron chi connectivity index (χ4n) is 2.46. The molecule has 1 fully saturated rings. The second-order valence-corrected chi connectivity index (χ2v) is 7.03. The molecule has 1 amide bonds. The van der Waals surface area contributed by atoms with Crippen LogP contribution in [-0.4, -0.2) is 23.9 Å². The van der Waals surface area contributed by atoms with Crippen molar-refractivity contribution in [3.05, 3.63) is 34.3 Å². The van der Waals surface area contributed by atoms with Crippen LogP contribution in [0.1, 0.15) is 37.6 Å². The van der Waals surface area contributed by atoms with Crippen LogP contribution in [0, 0.1) is 11.3 Å². The van der Waals surface area contributed by atoms with Crippen molar-refractivity contribution in [3.8, 4) is 0 Å². The predicted octanol–water partition coefficient (Wildman–Crippen LogP) is 3.96. The fraction of sp³-hybridized carbons (Fsp3) is 0.533. The van der Waals surface area contributed by atoms with Gasteiger partial charge in [0.25, 0.3) is 5.91 Å². The lowest BCUT2D eigenvalue weighted by Crippen LogP contribution is -2.31. The van der Waals surface area contributed by atoms with Crippen LogP contribution in [0.3, 0.4) is 0 Å². The number of amides is 1. The van der Waals surface area contributed by atoms with Crippen molar-refractivity contribution in [3.63, 3.8) is 0 Å². The zero-order chi connectivity index (χ0) is 13.3. The molecular formula is C15H20BrNO. The summed E-state index contributed by atoms with van der Waals surface area (Å²) in [5.74, 6) is 0.761. The van der Waals surface area contributed by atoms with E-state index in [1.54, 1.807) is 0 Å². The van der Waals surface area contributed by atoms with E-state index in [0.717, 1.165) is 29.5 Å². The van der Waals surface area contributed by atoms with E-state index in [9.17, 15) is 4.79 Å². The van der Waals surface area contributed by atoms with Crippen LogP contribution in [0.5, 0.6) is 0 Å². The third-order valence-electron chi connectivity index (χ3n) is 3.77. The SMILES string of the molecule is CC(C)(C)C1CCN(C(=O)c2cccc(Br)c2)C1. The Balaban J connectivity index is 2.08. The Morgan fingerprint density at radius 1 is 1.39 bits per heavy atom. The number of likely N-dealkylation sites (tertiary alicyclic amines) is 1. The number of carbonyl (C=O) groups excluding carboxylic acids is 1. The number of benzene rings is 1. The molecule has 1 unspecified atom stereocenters.